The molecule has 6 nitrogen and oxygen atoms in total. The summed E-state index contributed by atoms with van der Waals surface area (Å²) in [6, 6.07) is 0. The highest BCUT2D eigenvalue weighted by molar-refractivity contribution is 5.84. The van der Waals surface area contributed by atoms with Crippen molar-refractivity contribution in [2.45, 2.75) is 40.0 Å². The van der Waals surface area contributed by atoms with Gasteiger partial charge in [0.05, 0.1) is 11.8 Å². The maximum absolute atomic E-state index is 12.7. The van der Waals surface area contributed by atoms with Crippen molar-refractivity contribution in [3.8, 4) is 0 Å². The van der Waals surface area contributed by atoms with Crippen molar-refractivity contribution < 1.29 is 4.79 Å². The fraction of sp³-hybridized carbons (Fsp3) is 0.588. The van der Waals surface area contributed by atoms with E-state index in [0.717, 1.165) is 36.3 Å². The summed E-state index contributed by atoms with van der Waals surface area (Å²) < 4.78 is 1.63. The minimum absolute atomic E-state index is 0.135. The third-order valence-corrected chi connectivity index (χ3v) is 4.91. The zero-order chi connectivity index (χ0) is 16.7. The van der Waals surface area contributed by atoms with Crippen molar-refractivity contribution >= 4 is 16.9 Å². The highest BCUT2D eigenvalue weighted by Crippen LogP contribution is 2.22. The van der Waals surface area contributed by atoms with Gasteiger partial charge in [0.1, 0.15) is 0 Å². The molecule has 124 valence electrons. The summed E-state index contributed by atoms with van der Waals surface area (Å²) in [7, 11) is 1.77. The molecule has 1 atom stereocenters. The van der Waals surface area contributed by atoms with Gasteiger partial charge in [-0.25, -0.2) is 4.98 Å². The van der Waals surface area contributed by atoms with Crippen LogP contribution in [0.4, 0.5) is 0 Å². The quantitative estimate of drug-likeness (QED) is 0.916. The lowest BCUT2D eigenvalue weighted by molar-refractivity contribution is -0.132. The summed E-state index contributed by atoms with van der Waals surface area (Å²) in [5.41, 5.74) is 3.08. The predicted octanol–water partition coefficient (Wildman–Crippen LogP) is 1.68. The van der Waals surface area contributed by atoms with Crippen LogP contribution in [0.15, 0.2) is 4.79 Å². The lowest BCUT2D eigenvalue weighted by atomic mass is 9.98. The summed E-state index contributed by atoms with van der Waals surface area (Å²) in [4.78, 5) is 31.2. The summed E-state index contributed by atoms with van der Waals surface area (Å²) in [5, 5.41) is 3.33. The first-order chi connectivity index (χ1) is 10.9. The molecule has 1 aliphatic rings. The van der Waals surface area contributed by atoms with Crippen LogP contribution in [0.3, 0.4) is 0 Å². The van der Waals surface area contributed by atoms with Gasteiger partial charge >= 0.3 is 0 Å². The third kappa shape index (κ3) is 2.78. The van der Waals surface area contributed by atoms with E-state index < -0.39 is 0 Å². The SMILES string of the molecule is Cc1nc2c(c(C)c1CC(=O)N1CCC[C@@H](C)C1)c(=O)[nH]n2C. The molecule has 0 saturated carbocycles. The molecule has 1 saturated heterocycles. The Kier molecular flexibility index (Phi) is 4.00. The zero-order valence-corrected chi connectivity index (χ0v) is 14.3. The number of carbonyl (C=O) groups excluding carboxylic acids is 1. The number of H-pyrrole nitrogens is 1. The second-order valence-electron chi connectivity index (χ2n) is 6.76. The molecule has 0 spiro atoms. The van der Waals surface area contributed by atoms with E-state index in [9.17, 15) is 9.59 Å². The van der Waals surface area contributed by atoms with Gasteiger partial charge in [0.2, 0.25) is 5.91 Å². The van der Waals surface area contributed by atoms with Crippen molar-refractivity contribution in [1.82, 2.24) is 19.7 Å². The van der Waals surface area contributed by atoms with Crippen molar-refractivity contribution in [1.29, 1.82) is 0 Å². The van der Waals surface area contributed by atoms with Crippen LogP contribution in [-0.4, -0.2) is 38.7 Å². The number of piperidine rings is 1. The van der Waals surface area contributed by atoms with Gasteiger partial charge < -0.3 is 4.90 Å². The molecule has 0 radical (unpaired) electrons. The van der Waals surface area contributed by atoms with E-state index in [1.807, 2.05) is 18.7 Å². The molecular formula is C17H24N4O2. The van der Waals surface area contributed by atoms with Crippen LogP contribution in [0.1, 0.15) is 36.6 Å². The van der Waals surface area contributed by atoms with Gasteiger partial charge in [-0.05, 0) is 43.7 Å². The number of pyridine rings is 1. The molecule has 23 heavy (non-hydrogen) atoms. The fourth-order valence-corrected chi connectivity index (χ4v) is 3.59. The van der Waals surface area contributed by atoms with Crippen LogP contribution in [-0.2, 0) is 18.3 Å². The Balaban J connectivity index is 1.95. The monoisotopic (exact) mass is 316 g/mol. The maximum Gasteiger partial charge on any atom is 0.273 e. The highest BCUT2D eigenvalue weighted by atomic mass is 16.2. The number of nitrogens with one attached hydrogen (secondary N) is 1. The van der Waals surface area contributed by atoms with Gasteiger partial charge in [-0.2, -0.15) is 0 Å². The third-order valence-electron chi connectivity index (χ3n) is 4.91. The van der Waals surface area contributed by atoms with E-state index in [4.69, 9.17) is 0 Å². The Morgan fingerprint density at radius 2 is 2.13 bits per heavy atom. The zero-order valence-electron chi connectivity index (χ0n) is 14.3. The van der Waals surface area contributed by atoms with Crippen LogP contribution in [0.2, 0.25) is 0 Å². The molecule has 0 aromatic carbocycles. The highest BCUT2D eigenvalue weighted by Gasteiger charge is 2.23. The Morgan fingerprint density at radius 1 is 1.39 bits per heavy atom. The Hall–Kier alpha value is -2.11. The number of amides is 1. The van der Waals surface area contributed by atoms with Crippen molar-refractivity contribution in [2.24, 2.45) is 13.0 Å². The molecule has 1 N–H and O–H groups in total. The molecule has 0 unspecified atom stereocenters. The Morgan fingerprint density at radius 3 is 2.83 bits per heavy atom. The normalized spacial score (nSPS) is 18.6. The van der Waals surface area contributed by atoms with E-state index >= 15 is 0 Å². The van der Waals surface area contributed by atoms with Crippen molar-refractivity contribution in [3.05, 3.63) is 27.2 Å². The molecule has 1 fully saturated rings. The topological polar surface area (TPSA) is 71.0 Å². The average Bonchev–Trinajstić information content (AvgIpc) is 2.77. The van der Waals surface area contributed by atoms with Crippen LogP contribution in [0.5, 0.6) is 0 Å². The van der Waals surface area contributed by atoms with Crippen LogP contribution < -0.4 is 5.56 Å². The molecule has 0 aliphatic carbocycles. The minimum Gasteiger partial charge on any atom is -0.342 e. The maximum atomic E-state index is 12.7. The molecule has 2 aromatic heterocycles. The first kappa shape index (κ1) is 15.8. The number of hydrogen-bond acceptors (Lipinski definition) is 3. The molecular weight excluding hydrogens is 292 g/mol. The standard InChI is InChI=1S/C17H24N4O2/c1-10-6-5-7-21(9-10)14(22)8-13-11(2)15-16(18-12(13)3)20(4)19-17(15)23/h10H,5-9H2,1-4H3,(H,19,23)/t10-/m1/s1. The number of hydrogen-bond donors (Lipinski definition) is 1. The summed E-state index contributed by atoms with van der Waals surface area (Å²) in [6.45, 7) is 7.67. The number of aryl methyl sites for hydroxylation is 3. The summed E-state index contributed by atoms with van der Waals surface area (Å²) in [5.74, 6) is 0.698. The number of nitrogens with zero attached hydrogens (tertiary/aromatic N) is 3. The van der Waals surface area contributed by atoms with E-state index in [1.54, 1.807) is 11.7 Å². The number of aromatic nitrogens is 3. The second-order valence-corrected chi connectivity index (χ2v) is 6.76. The van der Waals surface area contributed by atoms with E-state index in [2.05, 4.69) is 17.0 Å². The second kappa shape index (κ2) is 5.83. The van der Waals surface area contributed by atoms with Gasteiger partial charge in [0.25, 0.3) is 5.56 Å². The fourth-order valence-electron chi connectivity index (χ4n) is 3.59. The van der Waals surface area contributed by atoms with Gasteiger partial charge in [0, 0.05) is 25.8 Å². The minimum atomic E-state index is -0.146. The van der Waals surface area contributed by atoms with Crippen molar-refractivity contribution in [2.75, 3.05) is 13.1 Å². The molecule has 3 heterocycles. The molecule has 1 aliphatic heterocycles. The van der Waals surface area contributed by atoms with E-state index in [1.165, 1.54) is 6.42 Å². The van der Waals surface area contributed by atoms with E-state index in [-0.39, 0.29) is 11.5 Å². The van der Waals surface area contributed by atoms with Crippen LogP contribution in [0.25, 0.3) is 11.0 Å². The van der Waals surface area contributed by atoms with Crippen LogP contribution >= 0.6 is 0 Å². The van der Waals surface area contributed by atoms with Gasteiger partial charge in [-0.15, -0.1) is 0 Å². The number of likely N-dealkylation sites (tertiary alicyclic amines) is 1. The summed E-state index contributed by atoms with van der Waals surface area (Å²) >= 11 is 0. The summed E-state index contributed by atoms with van der Waals surface area (Å²) in [6.07, 6.45) is 2.58. The first-order valence-electron chi connectivity index (χ1n) is 8.21. The lowest BCUT2D eigenvalue weighted by Gasteiger charge is -2.31. The molecule has 1 amide bonds. The van der Waals surface area contributed by atoms with Gasteiger partial charge in [0.15, 0.2) is 5.65 Å². The molecule has 6 heteroatoms. The van der Waals surface area contributed by atoms with E-state index in [0.29, 0.717) is 23.4 Å². The largest absolute Gasteiger partial charge is 0.342 e. The number of aromatic amines is 1. The number of rotatable bonds is 2. The number of fused-ring (bicyclic) bond motifs is 1. The molecule has 0 bridgehead atoms. The first-order valence-corrected chi connectivity index (χ1v) is 8.21. The molecule has 2 aromatic rings. The predicted molar refractivity (Wildman–Crippen MR) is 89.5 cm³/mol. The van der Waals surface area contributed by atoms with Crippen LogP contribution in [0, 0.1) is 19.8 Å². The average molecular weight is 316 g/mol. The molecule has 3 rings (SSSR count). The van der Waals surface area contributed by atoms with Gasteiger partial charge in [-0.3, -0.25) is 19.4 Å². The smallest absolute Gasteiger partial charge is 0.273 e. The van der Waals surface area contributed by atoms with Crippen molar-refractivity contribution in [3.63, 3.8) is 0 Å². The lowest BCUT2D eigenvalue weighted by Crippen LogP contribution is -2.40. The Labute approximate surface area is 135 Å². The Bertz CT molecular complexity index is 818. The van der Waals surface area contributed by atoms with Gasteiger partial charge in [-0.1, -0.05) is 6.92 Å². The number of carbonyl (C=O) groups is 1.